The number of nitrogens with zero attached hydrogens (tertiary/aromatic N) is 8. The van der Waals surface area contributed by atoms with Crippen molar-refractivity contribution in [2.45, 2.75) is 27.7 Å². The third kappa shape index (κ3) is 6.32. The molecule has 4 rings (SSSR count). The van der Waals surface area contributed by atoms with Gasteiger partial charge in [0, 0.05) is 62.1 Å². The highest BCUT2D eigenvalue weighted by atomic mass is 32.1. The van der Waals surface area contributed by atoms with Crippen molar-refractivity contribution < 1.29 is 10.2 Å². The monoisotopic (exact) mass is 550 g/mol. The molecule has 0 spiro atoms. The minimum Gasteiger partial charge on any atom is -0.506 e. The van der Waals surface area contributed by atoms with Crippen molar-refractivity contribution in [3.63, 3.8) is 0 Å². The van der Waals surface area contributed by atoms with E-state index in [1.165, 1.54) is 22.7 Å². The van der Waals surface area contributed by atoms with Crippen molar-refractivity contribution in [1.82, 2.24) is 9.97 Å². The normalized spacial score (nSPS) is 11.6. The van der Waals surface area contributed by atoms with E-state index in [-0.39, 0.29) is 11.5 Å². The van der Waals surface area contributed by atoms with Crippen molar-refractivity contribution in [2.75, 3.05) is 36.0 Å². The molecule has 0 amide bonds. The Morgan fingerprint density at radius 2 is 1.03 bits per heavy atom. The van der Waals surface area contributed by atoms with E-state index in [1.54, 1.807) is 36.7 Å². The second-order valence-electron chi connectivity index (χ2n) is 8.10. The molecule has 0 saturated heterocycles. The Morgan fingerprint density at radius 1 is 0.632 bits per heavy atom. The Balaban J connectivity index is 1.43. The van der Waals surface area contributed by atoms with Gasteiger partial charge in [-0.2, -0.15) is 0 Å². The van der Waals surface area contributed by atoms with Gasteiger partial charge in [-0.15, -0.1) is 20.5 Å². The Kier molecular flexibility index (Phi) is 8.98. The molecule has 0 aliphatic heterocycles. The van der Waals surface area contributed by atoms with Gasteiger partial charge in [0.2, 0.25) is 10.3 Å². The number of anilines is 2. The number of hydrogen-bond acceptors (Lipinski definition) is 12. The molecule has 2 heterocycles. The van der Waals surface area contributed by atoms with Gasteiger partial charge in [-0.1, -0.05) is 22.7 Å². The summed E-state index contributed by atoms with van der Waals surface area (Å²) in [5.74, 6) is 0.141. The SMILES string of the molecule is CCN(CC)c1ccc(/N=N/c2ncc(-c3cnc(/N=N/c4ccc(N(CC)CC)cc4O)s3)s2)c(O)c1. The Labute approximate surface area is 229 Å². The van der Waals surface area contributed by atoms with Gasteiger partial charge >= 0.3 is 0 Å². The first-order chi connectivity index (χ1) is 18.4. The van der Waals surface area contributed by atoms with Crippen LogP contribution in [0.1, 0.15) is 27.7 Å². The molecule has 2 aromatic carbocycles. The molecular weight excluding hydrogens is 520 g/mol. The molecule has 4 aromatic rings. The summed E-state index contributed by atoms with van der Waals surface area (Å²) in [5.41, 5.74) is 2.64. The third-order valence-electron chi connectivity index (χ3n) is 5.89. The summed E-state index contributed by atoms with van der Waals surface area (Å²) in [6, 6.07) is 10.7. The maximum atomic E-state index is 10.4. The van der Waals surface area contributed by atoms with Gasteiger partial charge in [0.05, 0.1) is 9.75 Å². The summed E-state index contributed by atoms with van der Waals surface area (Å²) in [6.07, 6.45) is 3.41. The van der Waals surface area contributed by atoms with E-state index in [4.69, 9.17) is 0 Å². The van der Waals surface area contributed by atoms with Gasteiger partial charge in [-0.3, -0.25) is 0 Å². The number of thiazole rings is 2. The lowest BCUT2D eigenvalue weighted by molar-refractivity contribution is 0.476. The molecule has 12 heteroatoms. The predicted molar refractivity (Wildman–Crippen MR) is 155 cm³/mol. The molecule has 0 radical (unpaired) electrons. The molecular formula is C26H30N8O2S2. The molecule has 0 unspecified atom stereocenters. The van der Waals surface area contributed by atoms with E-state index in [9.17, 15) is 10.2 Å². The molecule has 0 saturated carbocycles. The predicted octanol–water partition coefficient (Wildman–Crippen LogP) is 8.20. The largest absolute Gasteiger partial charge is 0.506 e. The average Bonchev–Trinajstić information content (AvgIpc) is 3.59. The van der Waals surface area contributed by atoms with Crippen LogP contribution in [0.3, 0.4) is 0 Å². The molecule has 2 aromatic heterocycles. The average molecular weight is 551 g/mol. The highest BCUT2D eigenvalue weighted by Gasteiger charge is 2.11. The van der Waals surface area contributed by atoms with Gasteiger partial charge in [0.25, 0.3) is 0 Å². The molecule has 198 valence electrons. The van der Waals surface area contributed by atoms with Crippen LogP contribution in [0.4, 0.5) is 33.0 Å². The van der Waals surface area contributed by atoms with Crippen LogP contribution in [-0.2, 0) is 0 Å². The van der Waals surface area contributed by atoms with Crippen molar-refractivity contribution in [3.05, 3.63) is 48.8 Å². The van der Waals surface area contributed by atoms with Crippen LogP contribution in [0.15, 0.2) is 69.2 Å². The van der Waals surface area contributed by atoms with Gasteiger partial charge < -0.3 is 20.0 Å². The quantitative estimate of drug-likeness (QED) is 0.181. The van der Waals surface area contributed by atoms with Gasteiger partial charge in [0.1, 0.15) is 22.9 Å². The number of rotatable bonds is 11. The lowest BCUT2D eigenvalue weighted by Gasteiger charge is -2.21. The van der Waals surface area contributed by atoms with E-state index in [0.717, 1.165) is 47.3 Å². The van der Waals surface area contributed by atoms with Crippen LogP contribution in [0.25, 0.3) is 9.75 Å². The molecule has 0 atom stereocenters. The fourth-order valence-corrected chi connectivity index (χ4v) is 5.34. The van der Waals surface area contributed by atoms with Crippen LogP contribution in [0.2, 0.25) is 0 Å². The zero-order chi connectivity index (χ0) is 27.1. The first kappa shape index (κ1) is 27.1. The maximum absolute atomic E-state index is 10.4. The summed E-state index contributed by atoms with van der Waals surface area (Å²) >= 11 is 2.71. The van der Waals surface area contributed by atoms with E-state index in [0.29, 0.717) is 21.6 Å². The molecule has 0 fully saturated rings. The molecule has 0 aliphatic carbocycles. The van der Waals surface area contributed by atoms with E-state index in [1.807, 2.05) is 12.1 Å². The molecule has 38 heavy (non-hydrogen) atoms. The number of hydrogen-bond donors (Lipinski definition) is 2. The van der Waals surface area contributed by atoms with Crippen molar-refractivity contribution in [3.8, 4) is 21.3 Å². The molecule has 2 N–H and O–H groups in total. The summed E-state index contributed by atoms with van der Waals surface area (Å²) in [4.78, 5) is 14.6. The fourth-order valence-electron chi connectivity index (χ4n) is 3.81. The first-order valence-electron chi connectivity index (χ1n) is 12.4. The van der Waals surface area contributed by atoms with Crippen LogP contribution in [0.5, 0.6) is 11.5 Å². The minimum absolute atomic E-state index is 0.0705. The maximum Gasteiger partial charge on any atom is 0.230 e. The Morgan fingerprint density at radius 3 is 1.37 bits per heavy atom. The topological polar surface area (TPSA) is 122 Å². The minimum atomic E-state index is 0.0705. The highest BCUT2D eigenvalue weighted by molar-refractivity contribution is 7.25. The number of azo groups is 2. The number of phenolic OH excluding ortho intramolecular Hbond substituents is 2. The smallest absolute Gasteiger partial charge is 0.230 e. The Hall–Kier alpha value is -3.90. The fraction of sp³-hybridized carbons (Fsp3) is 0.308. The Bertz CT molecular complexity index is 1320. The van der Waals surface area contributed by atoms with Crippen LogP contribution in [-0.4, -0.2) is 46.4 Å². The lowest BCUT2D eigenvalue weighted by Crippen LogP contribution is -2.21. The van der Waals surface area contributed by atoms with Gasteiger partial charge in [-0.05, 0) is 52.0 Å². The summed E-state index contributed by atoms with van der Waals surface area (Å²) < 4.78 is 0. The van der Waals surface area contributed by atoms with Crippen LogP contribution < -0.4 is 9.80 Å². The summed E-state index contributed by atoms with van der Waals surface area (Å²) in [5, 5.41) is 38.4. The molecule has 0 aliphatic rings. The van der Waals surface area contributed by atoms with Crippen molar-refractivity contribution in [1.29, 1.82) is 0 Å². The zero-order valence-electron chi connectivity index (χ0n) is 21.7. The number of phenols is 2. The zero-order valence-corrected chi connectivity index (χ0v) is 23.4. The summed E-state index contributed by atoms with van der Waals surface area (Å²) in [7, 11) is 0. The molecule has 0 bridgehead atoms. The number of benzene rings is 2. The van der Waals surface area contributed by atoms with E-state index in [2.05, 4.69) is 67.9 Å². The first-order valence-corrected chi connectivity index (χ1v) is 14.0. The van der Waals surface area contributed by atoms with Gasteiger partial charge in [0.15, 0.2) is 0 Å². The second kappa shape index (κ2) is 12.6. The van der Waals surface area contributed by atoms with Gasteiger partial charge in [-0.25, -0.2) is 9.97 Å². The molecule has 10 nitrogen and oxygen atoms in total. The summed E-state index contributed by atoms with van der Waals surface area (Å²) in [6.45, 7) is 11.7. The van der Waals surface area contributed by atoms with E-state index < -0.39 is 0 Å². The highest BCUT2D eigenvalue weighted by Crippen LogP contribution is 2.39. The number of aromatic nitrogens is 2. The van der Waals surface area contributed by atoms with Crippen LogP contribution >= 0.6 is 22.7 Å². The third-order valence-corrected chi connectivity index (χ3v) is 7.85. The van der Waals surface area contributed by atoms with E-state index >= 15 is 0 Å². The standard InChI is InChI=1S/C26H30N8O2S2/c1-5-33(6-2)17-9-11-19(21(35)13-17)29-31-25-27-15-23(37-25)24-16-28-26(38-24)32-30-20-12-10-18(14-22(20)36)34(7-3)8-4/h9-16,35-36H,5-8H2,1-4H3/b31-29+,32-30+. The lowest BCUT2D eigenvalue weighted by atomic mass is 10.2. The van der Waals surface area contributed by atoms with Crippen LogP contribution in [0, 0.1) is 0 Å². The van der Waals surface area contributed by atoms with Crippen molar-refractivity contribution in [2.24, 2.45) is 20.5 Å². The van der Waals surface area contributed by atoms with Crippen molar-refractivity contribution >= 4 is 55.7 Å². The second-order valence-corrected chi connectivity index (χ2v) is 10.1. The number of aromatic hydroxyl groups is 2.